The highest BCUT2D eigenvalue weighted by molar-refractivity contribution is 7.98. The molecule has 0 amide bonds. The molecule has 1 unspecified atom stereocenters. The Kier molecular flexibility index (Phi) is 5.56. The Balaban J connectivity index is 1.57. The molecule has 0 spiro atoms. The molecule has 31 heavy (non-hydrogen) atoms. The molecule has 0 bridgehead atoms. The van der Waals surface area contributed by atoms with Crippen LogP contribution in [-0.4, -0.2) is 19.2 Å². The lowest BCUT2D eigenvalue weighted by Crippen LogP contribution is -2.24. The molecule has 5 rings (SSSR count). The van der Waals surface area contributed by atoms with Crippen LogP contribution in [0.1, 0.15) is 24.0 Å². The predicted octanol–water partition coefficient (Wildman–Crippen LogP) is 5.86. The Labute approximate surface area is 192 Å². The first-order chi connectivity index (χ1) is 15.1. The normalized spacial score (nSPS) is 12.6. The number of fused-ring (bicyclic) bond motifs is 3. The van der Waals surface area contributed by atoms with E-state index in [0.29, 0.717) is 22.8 Å². The van der Waals surface area contributed by atoms with Crippen molar-refractivity contribution in [1.29, 1.82) is 0 Å². The summed E-state index contributed by atoms with van der Waals surface area (Å²) in [7, 11) is 0. The van der Waals surface area contributed by atoms with Crippen LogP contribution in [-0.2, 0) is 12.3 Å². The third-order valence-electron chi connectivity index (χ3n) is 5.32. The van der Waals surface area contributed by atoms with Crippen molar-refractivity contribution in [1.82, 2.24) is 19.2 Å². The fraction of sp³-hybridized carbons (Fsp3) is 0.174. The smallest absolute Gasteiger partial charge is 0.272 e. The standard InChI is InChI=1S/C23H19ClN4OS2/c1-15(16-7-3-2-4-8-16)13-27-21(29)20-19(11-12-30-20)28-22(27)25-26-23(28)31-14-17-9-5-6-10-18(17)24/h2-12,15H,13-14H2,1H3. The maximum atomic E-state index is 13.3. The van der Waals surface area contributed by atoms with Gasteiger partial charge in [0.05, 0.1) is 5.52 Å². The van der Waals surface area contributed by atoms with E-state index in [4.69, 9.17) is 11.6 Å². The lowest BCUT2D eigenvalue weighted by molar-refractivity contribution is 0.588. The Morgan fingerprint density at radius 3 is 2.65 bits per heavy atom. The largest absolute Gasteiger partial charge is 0.275 e. The second-order valence-electron chi connectivity index (χ2n) is 7.36. The number of halogens is 1. The van der Waals surface area contributed by atoms with Gasteiger partial charge in [-0.05, 0) is 34.6 Å². The molecule has 0 saturated carbocycles. The maximum absolute atomic E-state index is 13.3. The van der Waals surface area contributed by atoms with Crippen molar-refractivity contribution in [3.63, 3.8) is 0 Å². The van der Waals surface area contributed by atoms with Gasteiger partial charge in [-0.25, -0.2) is 0 Å². The molecule has 5 nitrogen and oxygen atoms in total. The van der Waals surface area contributed by atoms with Crippen molar-refractivity contribution >= 4 is 50.7 Å². The summed E-state index contributed by atoms with van der Waals surface area (Å²) in [4.78, 5) is 13.3. The Hall–Kier alpha value is -2.61. The van der Waals surface area contributed by atoms with E-state index in [1.54, 1.807) is 16.3 Å². The van der Waals surface area contributed by atoms with Crippen LogP contribution >= 0.6 is 34.7 Å². The van der Waals surface area contributed by atoms with Crippen LogP contribution in [0.15, 0.2) is 76.0 Å². The van der Waals surface area contributed by atoms with Gasteiger partial charge in [-0.1, -0.05) is 78.8 Å². The zero-order valence-corrected chi connectivity index (χ0v) is 19.1. The van der Waals surface area contributed by atoms with E-state index < -0.39 is 0 Å². The summed E-state index contributed by atoms with van der Waals surface area (Å²) in [6, 6.07) is 20.0. The zero-order valence-electron chi connectivity index (χ0n) is 16.7. The van der Waals surface area contributed by atoms with Crippen molar-refractivity contribution in [2.75, 3.05) is 0 Å². The number of hydrogen-bond donors (Lipinski definition) is 0. The topological polar surface area (TPSA) is 52.2 Å². The van der Waals surface area contributed by atoms with E-state index in [1.807, 2.05) is 58.3 Å². The van der Waals surface area contributed by atoms with Crippen LogP contribution in [0, 0.1) is 0 Å². The van der Waals surface area contributed by atoms with Crippen molar-refractivity contribution in [3.8, 4) is 0 Å². The van der Waals surface area contributed by atoms with Gasteiger partial charge in [-0.2, -0.15) is 0 Å². The molecular weight excluding hydrogens is 448 g/mol. The molecule has 5 aromatic rings. The number of thioether (sulfide) groups is 1. The average molecular weight is 467 g/mol. The lowest BCUT2D eigenvalue weighted by Gasteiger charge is -2.15. The van der Waals surface area contributed by atoms with E-state index in [0.717, 1.165) is 21.3 Å². The minimum absolute atomic E-state index is 0.0182. The Morgan fingerprint density at radius 1 is 1.06 bits per heavy atom. The molecule has 0 saturated heterocycles. The van der Waals surface area contributed by atoms with Crippen molar-refractivity contribution < 1.29 is 0 Å². The molecule has 3 heterocycles. The lowest BCUT2D eigenvalue weighted by atomic mass is 10.0. The third-order valence-corrected chi connectivity index (χ3v) is 7.56. The molecule has 3 aromatic heterocycles. The number of thiophene rings is 1. The first kappa shape index (κ1) is 20.3. The quantitative estimate of drug-likeness (QED) is 0.294. The van der Waals surface area contributed by atoms with Gasteiger partial charge in [-0.3, -0.25) is 13.8 Å². The summed E-state index contributed by atoms with van der Waals surface area (Å²) in [5.74, 6) is 1.41. The van der Waals surface area contributed by atoms with Gasteiger partial charge in [0.25, 0.3) is 5.56 Å². The number of rotatable bonds is 6. The fourth-order valence-electron chi connectivity index (χ4n) is 3.68. The van der Waals surface area contributed by atoms with Crippen LogP contribution < -0.4 is 5.56 Å². The highest BCUT2D eigenvalue weighted by Gasteiger charge is 2.19. The van der Waals surface area contributed by atoms with E-state index >= 15 is 0 Å². The van der Waals surface area contributed by atoms with Crippen LogP contribution in [0.3, 0.4) is 0 Å². The number of aromatic nitrogens is 4. The molecule has 0 radical (unpaired) electrons. The molecule has 1 atom stereocenters. The first-order valence-electron chi connectivity index (χ1n) is 9.90. The first-order valence-corrected chi connectivity index (χ1v) is 12.1. The molecule has 0 aliphatic heterocycles. The molecule has 2 aromatic carbocycles. The van der Waals surface area contributed by atoms with Crippen molar-refractivity contribution in [2.45, 2.75) is 30.3 Å². The number of hydrogen-bond acceptors (Lipinski definition) is 5. The van der Waals surface area contributed by atoms with Gasteiger partial charge in [-0.15, -0.1) is 21.5 Å². The summed E-state index contributed by atoms with van der Waals surface area (Å²) in [6.07, 6.45) is 0. The highest BCUT2D eigenvalue weighted by atomic mass is 35.5. The predicted molar refractivity (Wildman–Crippen MR) is 128 cm³/mol. The van der Waals surface area contributed by atoms with E-state index in [1.165, 1.54) is 16.9 Å². The van der Waals surface area contributed by atoms with Gasteiger partial charge in [0.2, 0.25) is 5.78 Å². The van der Waals surface area contributed by atoms with E-state index in [2.05, 4.69) is 29.3 Å². The maximum Gasteiger partial charge on any atom is 0.272 e. The van der Waals surface area contributed by atoms with Crippen molar-refractivity contribution in [3.05, 3.63) is 92.5 Å². The van der Waals surface area contributed by atoms with Gasteiger partial charge >= 0.3 is 0 Å². The Morgan fingerprint density at radius 2 is 1.84 bits per heavy atom. The van der Waals surface area contributed by atoms with Gasteiger partial charge < -0.3 is 0 Å². The second-order valence-corrected chi connectivity index (χ2v) is 9.63. The third kappa shape index (κ3) is 3.78. The van der Waals surface area contributed by atoms with Crippen LogP contribution in [0.4, 0.5) is 0 Å². The molecule has 8 heteroatoms. The Bertz CT molecular complexity index is 1420. The van der Waals surface area contributed by atoms with Gasteiger partial charge in [0, 0.05) is 17.3 Å². The monoisotopic (exact) mass is 466 g/mol. The van der Waals surface area contributed by atoms with Crippen LogP contribution in [0.2, 0.25) is 5.02 Å². The van der Waals surface area contributed by atoms with Gasteiger partial charge in [0.15, 0.2) is 5.16 Å². The minimum Gasteiger partial charge on any atom is -0.275 e. The summed E-state index contributed by atoms with van der Waals surface area (Å²) in [6.45, 7) is 2.66. The summed E-state index contributed by atoms with van der Waals surface area (Å²) in [5.41, 5.74) is 3.06. The van der Waals surface area contributed by atoms with Gasteiger partial charge in [0.1, 0.15) is 4.70 Å². The number of benzene rings is 2. The number of nitrogens with zero attached hydrogens (tertiary/aromatic N) is 4. The molecule has 0 aliphatic carbocycles. The van der Waals surface area contributed by atoms with E-state index in [9.17, 15) is 4.79 Å². The minimum atomic E-state index is -0.0182. The molecule has 0 aliphatic rings. The molecule has 156 valence electrons. The average Bonchev–Trinajstić information content (AvgIpc) is 3.44. The summed E-state index contributed by atoms with van der Waals surface area (Å²) in [5, 5.41) is 12.3. The fourth-order valence-corrected chi connectivity index (χ4v) is 5.73. The molecular formula is C23H19ClN4OS2. The molecule has 0 N–H and O–H groups in total. The van der Waals surface area contributed by atoms with Crippen LogP contribution in [0.25, 0.3) is 16.0 Å². The summed E-state index contributed by atoms with van der Waals surface area (Å²) >= 11 is 9.34. The van der Waals surface area contributed by atoms with E-state index in [-0.39, 0.29) is 11.5 Å². The van der Waals surface area contributed by atoms with Crippen molar-refractivity contribution in [2.24, 2.45) is 0 Å². The van der Waals surface area contributed by atoms with Crippen LogP contribution in [0.5, 0.6) is 0 Å². The zero-order chi connectivity index (χ0) is 21.4. The highest BCUT2D eigenvalue weighted by Crippen LogP contribution is 2.29. The SMILES string of the molecule is CC(Cn1c(=O)c2sccc2n2c(SCc3ccccc3Cl)nnc12)c1ccccc1. The summed E-state index contributed by atoms with van der Waals surface area (Å²) < 4.78 is 4.46. The second kappa shape index (κ2) is 8.49. The molecule has 0 fully saturated rings.